The molecular formula is C22H24N3O4PS. The normalized spacial score (nSPS) is 16.7. The van der Waals surface area contributed by atoms with Crippen molar-refractivity contribution < 1.29 is 18.7 Å². The Labute approximate surface area is 185 Å². The highest BCUT2D eigenvalue weighted by molar-refractivity contribution is 7.56. The fourth-order valence-corrected chi connectivity index (χ4v) is 6.84. The Morgan fingerprint density at radius 3 is 2.45 bits per heavy atom. The maximum absolute atomic E-state index is 13.7. The highest BCUT2D eigenvalue weighted by atomic mass is 32.1. The average Bonchev–Trinajstić information content (AvgIpc) is 3.20. The van der Waals surface area contributed by atoms with Gasteiger partial charge in [-0.25, -0.2) is 4.98 Å². The van der Waals surface area contributed by atoms with Gasteiger partial charge in [0.25, 0.3) is 0 Å². The van der Waals surface area contributed by atoms with Crippen molar-refractivity contribution in [2.75, 3.05) is 26.2 Å². The quantitative estimate of drug-likeness (QED) is 0.389. The Kier molecular flexibility index (Phi) is 6.23. The van der Waals surface area contributed by atoms with Crippen LogP contribution in [0.3, 0.4) is 0 Å². The zero-order valence-electron chi connectivity index (χ0n) is 17.5. The van der Waals surface area contributed by atoms with E-state index in [-0.39, 0.29) is 19.3 Å². The van der Waals surface area contributed by atoms with Gasteiger partial charge in [0.2, 0.25) is 0 Å². The molecule has 9 heteroatoms. The van der Waals surface area contributed by atoms with Gasteiger partial charge >= 0.3 is 19.3 Å². The van der Waals surface area contributed by atoms with E-state index >= 15 is 0 Å². The molecule has 31 heavy (non-hydrogen) atoms. The van der Waals surface area contributed by atoms with E-state index in [1.54, 1.807) is 18.3 Å². The summed E-state index contributed by atoms with van der Waals surface area (Å²) < 4.78 is 21.5. The molecule has 2 amide bonds. The Hall–Kier alpha value is -2.54. The molecule has 1 aliphatic heterocycles. The van der Waals surface area contributed by atoms with Crippen molar-refractivity contribution >= 4 is 40.9 Å². The molecule has 1 atom stereocenters. The van der Waals surface area contributed by atoms with Gasteiger partial charge in [0.05, 0.1) is 23.0 Å². The summed E-state index contributed by atoms with van der Waals surface area (Å²) in [5.74, 6) is -1.38. The van der Waals surface area contributed by atoms with Gasteiger partial charge in [-0.15, -0.1) is 11.3 Å². The summed E-state index contributed by atoms with van der Waals surface area (Å²) in [6, 6.07) is 15.6. The number of thiazole rings is 1. The monoisotopic (exact) mass is 457 g/mol. The third-order valence-corrected chi connectivity index (χ3v) is 8.87. The molecule has 7 nitrogen and oxygen atoms in total. The Balaban J connectivity index is 1.56. The number of fused-ring (bicyclic) bond motifs is 1. The predicted molar refractivity (Wildman–Crippen MR) is 122 cm³/mol. The number of carbonyl (C=O) groups is 2. The Morgan fingerprint density at radius 1 is 1.03 bits per heavy atom. The number of amides is 2. The van der Waals surface area contributed by atoms with E-state index < -0.39 is 19.3 Å². The summed E-state index contributed by atoms with van der Waals surface area (Å²) >= 11 is 1.62. The van der Waals surface area contributed by atoms with Crippen LogP contribution in [0, 0.1) is 0 Å². The molecule has 2 heterocycles. The molecule has 3 aromatic rings. The molecule has 1 saturated heterocycles. The first-order valence-electron chi connectivity index (χ1n) is 10.2. The minimum Gasteiger partial charge on any atom is -0.333 e. The SMILES string of the molecule is CCOP(=O)(Cc1ccc(-c2nc3ccccc3s2)cc1)N1CCN(CC)C(=O)C1=O. The first kappa shape index (κ1) is 21.7. The average molecular weight is 457 g/mol. The lowest BCUT2D eigenvalue weighted by Gasteiger charge is -2.37. The van der Waals surface area contributed by atoms with Gasteiger partial charge in [0.1, 0.15) is 5.01 Å². The maximum Gasteiger partial charge on any atom is 0.319 e. The Bertz CT molecular complexity index is 1130. The number of hydrogen-bond donors (Lipinski definition) is 0. The molecule has 1 aromatic heterocycles. The highest BCUT2D eigenvalue weighted by Gasteiger charge is 2.42. The molecule has 0 spiro atoms. The van der Waals surface area contributed by atoms with Gasteiger partial charge in [-0.2, -0.15) is 0 Å². The summed E-state index contributed by atoms with van der Waals surface area (Å²) in [5.41, 5.74) is 2.71. The van der Waals surface area contributed by atoms with Gasteiger partial charge in [0.15, 0.2) is 0 Å². The third-order valence-electron chi connectivity index (χ3n) is 5.24. The lowest BCUT2D eigenvalue weighted by Crippen LogP contribution is -2.53. The standard InChI is InChI=1S/C22H24N3O4PS/c1-3-24-13-14-25(22(27)21(24)26)30(28,29-4-2)15-16-9-11-17(12-10-16)20-23-18-7-5-6-8-19(18)31-20/h5-12H,3-4,13-15H2,1-2H3. The zero-order chi connectivity index (χ0) is 22.0. The number of piperazine rings is 1. The van der Waals surface area contributed by atoms with Crippen LogP contribution in [0.5, 0.6) is 0 Å². The molecule has 1 fully saturated rings. The van der Waals surface area contributed by atoms with Crippen molar-refractivity contribution in [1.29, 1.82) is 0 Å². The molecule has 0 radical (unpaired) electrons. The van der Waals surface area contributed by atoms with Gasteiger partial charge in [-0.3, -0.25) is 18.8 Å². The van der Waals surface area contributed by atoms with Crippen LogP contribution in [0.25, 0.3) is 20.8 Å². The second kappa shape index (κ2) is 8.91. The lowest BCUT2D eigenvalue weighted by molar-refractivity contribution is -0.152. The van der Waals surface area contributed by atoms with Crippen LogP contribution in [0.1, 0.15) is 19.4 Å². The number of aromatic nitrogens is 1. The van der Waals surface area contributed by atoms with E-state index in [2.05, 4.69) is 4.98 Å². The topological polar surface area (TPSA) is 79.8 Å². The third kappa shape index (κ3) is 4.28. The number of para-hydroxylation sites is 1. The van der Waals surface area contributed by atoms with Crippen molar-refractivity contribution in [3.63, 3.8) is 0 Å². The zero-order valence-corrected chi connectivity index (χ0v) is 19.2. The largest absolute Gasteiger partial charge is 0.333 e. The number of likely N-dealkylation sites (N-methyl/N-ethyl adjacent to an activating group) is 1. The van der Waals surface area contributed by atoms with Crippen LogP contribution in [-0.4, -0.2) is 52.6 Å². The summed E-state index contributed by atoms with van der Waals surface area (Å²) in [7, 11) is -3.53. The number of hydrogen-bond acceptors (Lipinski definition) is 6. The molecule has 162 valence electrons. The summed E-state index contributed by atoms with van der Waals surface area (Å²) in [6.45, 7) is 4.75. The van der Waals surface area contributed by atoms with Crippen LogP contribution in [-0.2, 0) is 24.8 Å². The summed E-state index contributed by atoms with van der Waals surface area (Å²) in [5, 5.41) is 0.914. The fraction of sp³-hybridized carbons (Fsp3) is 0.318. The van der Waals surface area contributed by atoms with E-state index in [1.807, 2.05) is 55.5 Å². The molecule has 0 N–H and O–H groups in total. The maximum atomic E-state index is 13.7. The van der Waals surface area contributed by atoms with Crippen LogP contribution >= 0.6 is 18.9 Å². The Morgan fingerprint density at radius 2 is 1.77 bits per heavy atom. The number of benzene rings is 2. The van der Waals surface area contributed by atoms with Crippen molar-refractivity contribution in [3.05, 3.63) is 54.1 Å². The van der Waals surface area contributed by atoms with E-state index in [9.17, 15) is 14.2 Å². The molecule has 0 bridgehead atoms. The van der Waals surface area contributed by atoms with Gasteiger partial charge in [0, 0.05) is 25.2 Å². The number of nitrogens with zero attached hydrogens (tertiary/aromatic N) is 3. The first-order valence-corrected chi connectivity index (χ1v) is 12.8. The second-order valence-corrected chi connectivity index (χ2v) is 10.6. The molecule has 0 aliphatic carbocycles. The van der Waals surface area contributed by atoms with E-state index in [0.717, 1.165) is 31.0 Å². The highest BCUT2D eigenvalue weighted by Crippen LogP contribution is 2.54. The van der Waals surface area contributed by atoms with Gasteiger partial charge < -0.3 is 9.42 Å². The molecule has 2 aromatic carbocycles. The molecule has 0 saturated carbocycles. The first-order chi connectivity index (χ1) is 14.9. The van der Waals surface area contributed by atoms with Crippen LogP contribution in [0.15, 0.2) is 48.5 Å². The summed E-state index contributed by atoms with van der Waals surface area (Å²) in [6.07, 6.45) is 0.0616. The smallest absolute Gasteiger partial charge is 0.319 e. The number of rotatable bonds is 7. The van der Waals surface area contributed by atoms with Gasteiger partial charge in [-0.1, -0.05) is 36.4 Å². The van der Waals surface area contributed by atoms with E-state index in [0.29, 0.717) is 13.1 Å². The van der Waals surface area contributed by atoms with Crippen LogP contribution in [0.4, 0.5) is 0 Å². The van der Waals surface area contributed by atoms with Crippen LogP contribution < -0.4 is 0 Å². The van der Waals surface area contributed by atoms with Gasteiger partial charge in [-0.05, 0) is 31.5 Å². The molecule has 4 rings (SSSR count). The second-order valence-electron chi connectivity index (χ2n) is 7.21. The van der Waals surface area contributed by atoms with Crippen molar-refractivity contribution in [3.8, 4) is 10.6 Å². The summed E-state index contributed by atoms with van der Waals surface area (Å²) in [4.78, 5) is 31.0. The minimum atomic E-state index is -3.53. The van der Waals surface area contributed by atoms with E-state index in [4.69, 9.17) is 4.52 Å². The van der Waals surface area contributed by atoms with Crippen molar-refractivity contribution in [2.45, 2.75) is 20.0 Å². The molecular weight excluding hydrogens is 433 g/mol. The van der Waals surface area contributed by atoms with Crippen molar-refractivity contribution in [2.24, 2.45) is 0 Å². The molecule has 1 unspecified atom stereocenters. The van der Waals surface area contributed by atoms with Crippen molar-refractivity contribution in [1.82, 2.24) is 14.6 Å². The minimum absolute atomic E-state index is 0.0616. The predicted octanol–water partition coefficient (Wildman–Crippen LogP) is 4.38. The lowest BCUT2D eigenvalue weighted by atomic mass is 10.2. The fourth-order valence-electron chi connectivity index (χ4n) is 3.64. The van der Waals surface area contributed by atoms with E-state index in [1.165, 1.54) is 4.90 Å². The van der Waals surface area contributed by atoms with Crippen LogP contribution in [0.2, 0.25) is 0 Å². The number of carbonyl (C=O) groups excluding carboxylic acids is 2. The molecule has 1 aliphatic rings.